The summed E-state index contributed by atoms with van der Waals surface area (Å²) in [6, 6.07) is 9.15. The minimum Gasteiger partial charge on any atom is -0.459 e. The van der Waals surface area contributed by atoms with E-state index in [-0.39, 0.29) is 30.3 Å². The molecule has 1 aliphatic heterocycles. The van der Waals surface area contributed by atoms with Gasteiger partial charge in [0.15, 0.2) is 10.9 Å². The number of hydrogen-bond acceptors (Lipinski definition) is 7. The van der Waals surface area contributed by atoms with Gasteiger partial charge >= 0.3 is 5.97 Å². The molecule has 0 N–H and O–H groups in total. The minimum absolute atomic E-state index is 0.0412. The van der Waals surface area contributed by atoms with Crippen LogP contribution in [-0.2, 0) is 20.9 Å². The molecule has 2 aromatic heterocycles. The smallest absolute Gasteiger partial charge is 0.309 e. The molecular weight excluding hydrogens is 454 g/mol. The van der Waals surface area contributed by atoms with E-state index in [1.165, 1.54) is 24.5 Å². The number of furan rings is 1. The SMILES string of the molecule is CC(=O)N(c1ccc(C)c(C)c1)c1nc(COC(=O)C2CCN(C(=O)c3ccco3)CC2)cs1. The maximum absolute atomic E-state index is 12.6. The van der Waals surface area contributed by atoms with E-state index in [1.54, 1.807) is 27.3 Å². The van der Waals surface area contributed by atoms with Crippen LogP contribution >= 0.6 is 11.3 Å². The highest BCUT2D eigenvalue weighted by atomic mass is 32.1. The second-order valence-corrected chi connectivity index (χ2v) is 9.23. The van der Waals surface area contributed by atoms with E-state index in [2.05, 4.69) is 4.98 Å². The number of carbonyl (C=O) groups excluding carboxylic acids is 3. The standard InChI is InChI=1S/C25H27N3O5S/c1-16-6-7-21(13-17(16)2)28(18(3)29)25-26-20(15-34-25)14-33-24(31)19-8-10-27(11-9-19)23(30)22-5-4-12-32-22/h4-7,12-13,15,19H,8-11,14H2,1-3H3. The lowest BCUT2D eigenvalue weighted by Crippen LogP contribution is -2.40. The number of nitrogens with zero attached hydrogens (tertiary/aromatic N) is 3. The summed E-state index contributed by atoms with van der Waals surface area (Å²) in [6.07, 6.45) is 2.55. The lowest BCUT2D eigenvalue weighted by Gasteiger charge is -2.30. The molecule has 0 bridgehead atoms. The van der Waals surface area contributed by atoms with Crippen LogP contribution in [0.3, 0.4) is 0 Å². The van der Waals surface area contributed by atoms with Crippen molar-refractivity contribution in [2.24, 2.45) is 5.92 Å². The Morgan fingerprint density at radius 2 is 1.94 bits per heavy atom. The number of benzene rings is 1. The number of likely N-dealkylation sites (tertiary alicyclic amines) is 1. The van der Waals surface area contributed by atoms with Gasteiger partial charge in [-0.15, -0.1) is 11.3 Å². The van der Waals surface area contributed by atoms with Gasteiger partial charge in [-0.2, -0.15) is 0 Å². The first-order valence-electron chi connectivity index (χ1n) is 11.1. The molecule has 1 aliphatic rings. The van der Waals surface area contributed by atoms with Crippen molar-refractivity contribution in [1.29, 1.82) is 0 Å². The maximum atomic E-state index is 12.6. The lowest BCUT2D eigenvalue weighted by atomic mass is 9.97. The van der Waals surface area contributed by atoms with Gasteiger partial charge in [0, 0.05) is 25.4 Å². The number of aryl methyl sites for hydroxylation is 2. The van der Waals surface area contributed by atoms with Gasteiger partial charge in [0.2, 0.25) is 5.91 Å². The zero-order chi connectivity index (χ0) is 24.2. The van der Waals surface area contributed by atoms with Gasteiger partial charge in [-0.1, -0.05) is 6.07 Å². The molecule has 178 valence electrons. The van der Waals surface area contributed by atoms with Crippen LogP contribution in [0, 0.1) is 19.8 Å². The molecule has 1 aromatic carbocycles. The molecule has 0 unspecified atom stereocenters. The predicted octanol–water partition coefficient (Wildman–Crippen LogP) is 4.63. The Morgan fingerprint density at radius 3 is 2.59 bits per heavy atom. The van der Waals surface area contributed by atoms with E-state index in [4.69, 9.17) is 9.15 Å². The average molecular weight is 482 g/mol. The van der Waals surface area contributed by atoms with Crippen LogP contribution in [0.25, 0.3) is 0 Å². The Morgan fingerprint density at radius 1 is 1.18 bits per heavy atom. The summed E-state index contributed by atoms with van der Waals surface area (Å²) in [7, 11) is 0. The van der Waals surface area contributed by atoms with E-state index in [9.17, 15) is 14.4 Å². The van der Waals surface area contributed by atoms with E-state index < -0.39 is 0 Å². The van der Waals surface area contributed by atoms with Crippen LogP contribution in [0.1, 0.15) is 47.1 Å². The highest BCUT2D eigenvalue weighted by molar-refractivity contribution is 7.14. The van der Waals surface area contributed by atoms with Gasteiger partial charge < -0.3 is 14.1 Å². The highest BCUT2D eigenvalue weighted by Crippen LogP contribution is 2.30. The average Bonchev–Trinajstić information content (AvgIpc) is 3.52. The van der Waals surface area contributed by atoms with Crippen molar-refractivity contribution in [2.45, 2.75) is 40.2 Å². The Kier molecular flexibility index (Phi) is 7.12. The topological polar surface area (TPSA) is 93.0 Å². The normalized spacial score (nSPS) is 14.1. The summed E-state index contributed by atoms with van der Waals surface area (Å²) in [6.45, 7) is 6.52. The third-order valence-corrected chi connectivity index (χ3v) is 6.88. The van der Waals surface area contributed by atoms with Crippen molar-refractivity contribution >= 4 is 39.9 Å². The van der Waals surface area contributed by atoms with Gasteiger partial charge in [0.25, 0.3) is 5.91 Å². The van der Waals surface area contributed by atoms with Crippen LogP contribution in [0.4, 0.5) is 10.8 Å². The first-order chi connectivity index (χ1) is 16.3. The monoisotopic (exact) mass is 481 g/mol. The molecule has 34 heavy (non-hydrogen) atoms. The molecule has 9 heteroatoms. The molecule has 0 saturated carbocycles. The molecule has 0 spiro atoms. The summed E-state index contributed by atoms with van der Waals surface area (Å²) in [5, 5.41) is 2.33. The van der Waals surface area contributed by atoms with Gasteiger partial charge in [0.05, 0.1) is 23.6 Å². The molecule has 0 radical (unpaired) electrons. The van der Waals surface area contributed by atoms with Crippen molar-refractivity contribution in [2.75, 3.05) is 18.0 Å². The van der Waals surface area contributed by atoms with Crippen LogP contribution in [0.5, 0.6) is 0 Å². The molecule has 3 heterocycles. The Hall–Kier alpha value is -3.46. The number of carbonyl (C=O) groups is 3. The van der Waals surface area contributed by atoms with Crippen molar-refractivity contribution in [1.82, 2.24) is 9.88 Å². The Bertz CT molecular complexity index is 1180. The predicted molar refractivity (Wildman–Crippen MR) is 128 cm³/mol. The van der Waals surface area contributed by atoms with Crippen LogP contribution < -0.4 is 4.90 Å². The highest BCUT2D eigenvalue weighted by Gasteiger charge is 2.30. The van der Waals surface area contributed by atoms with Gasteiger partial charge in [0.1, 0.15) is 6.61 Å². The third kappa shape index (κ3) is 5.20. The number of ether oxygens (including phenoxy) is 1. The van der Waals surface area contributed by atoms with Gasteiger partial charge in [-0.3, -0.25) is 19.3 Å². The molecule has 1 saturated heterocycles. The number of rotatable bonds is 6. The molecule has 2 amide bonds. The van der Waals surface area contributed by atoms with E-state index in [0.29, 0.717) is 42.5 Å². The van der Waals surface area contributed by atoms with Gasteiger partial charge in [-0.05, 0) is 62.1 Å². The number of piperidine rings is 1. The lowest BCUT2D eigenvalue weighted by molar-refractivity contribution is -0.151. The molecule has 8 nitrogen and oxygen atoms in total. The molecule has 3 aromatic rings. The minimum atomic E-state index is -0.294. The zero-order valence-electron chi connectivity index (χ0n) is 19.4. The summed E-state index contributed by atoms with van der Waals surface area (Å²) in [5.41, 5.74) is 3.58. The van der Waals surface area contributed by atoms with Crippen LogP contribution in [-0.4, -0.2) is 40.8 Å². The summed E-state index contributed by atoms with van der Waals surface area (Å²) >= 11 is 1.33. The van der Waals surface area contributed by atoms with Crippen molar-refractivity contribution < 1.29 is 23.5 Å². The van der Waals surface area contributed by atoms with E-state index in [0.717, 1.165) is 16.8 Å². The maximum Gasteiger partial charge on any atom is 0.309 e. The van der Waals surface area contributed by atoms with E-state index >= 15 is 0 Å². The number of aromatic nitrogens is 1. The number of thiazole rings is 1. The second kappa shape index (κ2) is 10.2. The van der Waals surface area contributed by atoms with Crippen LogP contribution in [0.2, 0.25) is 0 Å². The quantitative estimate of drug-likeness (QED) is 0.477. The number of anilines is 2. The van der Waals surface area contributed by atoms with Crippen molar-refractivity contribution in [3.05, 3.63) is 64.6 Å². The first kappa shape index (κ1) is 23.7. The Labute approximate surface area is 202 Å². The molecular formula is C25H27N3O5S. The first-order valence-corrected chi connectivity index (χ1v) is 12.0. The van der Waals surface area contributed by atoms with Crippen molar-refractivity contribution in [3.8, 4) is 0 Å². The molecule has 0 atom stereocenters. The summed E-state index contributed by atoms with van der Waals surface area (Å²) in [4.78, 5) is 45.1. The second-order valence-electron chi connectivity index (χ2n) is 8.40. The van der Waals surface area contributed by atoms with Crippen LogP contribution in [0.15, 0.2) is 46.4 Å². The van der Waals surface area contributed by atoms with E-state index in [1.807, 2.05) is 32.0 Å². The summed E-state index contributed by atoms with van der Waals surface area (Å²) in [5.74, 6) is -0.552. The molecule has 4 rings (SSSR count). The Balaban J connectivity index is 1.32. The molecule has 1 fully saturated rings. The number of hydrogen-bond donors (Lipinski definition) is 0. The number of amides is 2. The number of esters is 1. The largest absolute Gasteiger partial charge is 0.459 e. The fourth-order valence-corrected chi connectivity index (χ4v) is 4.77. The fraction of sp³-hybridized carbons (Fsp3) is 0.360. The zero-order valence-corrected chi connectivity index (χ0v) is 20.3. The summed E-state index contributed by atoms with van der Waals surface area (Å²) < 4.78 is 10.7. The third-order valence-electron chi connectivity index (χ3n) is 6.00. The van der Waals surface area contributed by atoms with Crippen molar-refractivity contribution in [3.63, 3.8) is 0 Å². The fourth-order valence-electron chi connectivity index (χ4n) is 3.89. The molecule has 0 aliphatic carbocycles. The van der Waals surface area contributed by atoms with Gasteiger partial charge in [-0.25, -0.2) is 4.98 Å².